The van der Waals surface area contributed by atoms with Gasteiger partial charge >= 0.3 is 0 Å². The Morgan fingerprint density at radius 3 is 2.60 bits per heavy atom. The molecule has 154 valence electrons. The fourth-order valence-corrected chi connectivity index (χ4v) is 2.87. The molecule has 0 N–H and O–H groups in total. The monoisotopic (exact) mass is 408 g/mol. The van der Waals surface area contributed by atoms with Crippen LogP contribution in [0.15, 0.2) is 53.1 Å². The van der Waals surface area contributed by atoms with Crippen molar-refractivity contribution in [2.75, 3.05) is 18.1 Å². The van der Waals surface area contributed by atoms with Gasteiger partial charge in [-0.05, 0) is 55.5 Å². The van der Waals surface area contributed by atoms with Gasteiger partial charge in [-0.2, -0.15) is 10.2 Å². The zero-order valence-electron chi connectivity index (χ0n) is 16.5. The van der Waals surface area contributed by atoms with Crippen LogP contribution in [-0.4, -0.2) is 29.2 Å². The third-order valence-electron chi connectivity index (χ3n) is 4.33. The lowest BCUT2D eigenvalue weighted by Crippen LogP contribution is -2.32. The topological polar surface area (TPSA) is 92.2 Å². The molecule has 3 rings (SSSR count). The van der Waals surface area contributed by atoms with E-state index in [4.69, 9.17) is 14.5 Å². The molecule has 0 aliphatic rings. The molecule has 0 aliphatic heterocycles. The number of hydrogen-bond donors (Lipinski definition) is 0. The van der Waals surface area contributed by atoms with Crippen LogP contribution in [0.25, 0.3) is 11.4 Å². The van der Waals surface area contributed by atoms with E-state index < -0.39 is 0 Å². The summed E-state index contributed by atoms with van der Waals surface area (Å²) in [4.78, 5) is 18.6. The van der Waals surface area contributed by atoms with Crippen molar-refractivity contribution in [2.24, 2.45) is 0 Å². The largest absolute Gasteiger partial charge is 0.494 e. The van der Waals surface area contributed by atoms with Crippen molar-refractivity contribution in [1.29, 1.82) is 5.26 Å². The first-order valence-electron chi connectivity index (χ1n) is 9.59. The number of rotatable bonds is 9. The summed E-state index contributed by atoms with van der Waals surface area (Å²) in [6.07, 6.45) is 0.616. The molecule has 7 nitrogen and oxygen atoms in total. The molecule has 0 spiro atoms. The van der Waals surface area contributed by atoms with E-state index in [-0.39, 0.29) is 37.5 Å². The van der Waals surface area contributed by atoms with Crippen LogP contribution in [-0.2, 0) is 11.2 Å². The van der Waals surface area contributed by atoms with E-state index in [1.807, 2.05) is 6.92 Å². The molecule has 0 radical (unpaired) electrons. The summed E-state index contributed by atoms with van der Waals surface area (Å²) in [5.74, 6) is 0.865. The molecule has 0 saturated heterocycles. The summed E-state index contributed by atoms with van der Waals surface area (Å²) < 4.78 is 23.7. The number of amides is 1. The molecule has 0 unspecified atom stereocenters. The number of benzene rings is 2. The molecule has 0 saturated carbocycles. The van der Waals surface area contributed by atoms with E-state index in [9.17, 15) is 9.18 Å². The van der Waals surface area contributed by atoms with Gasteiger partial charge in [0, 0.05) is 30.6 Å². The second-order valence-electron chi connectivity index (χ2n) is 6.40. The number of hydrogen-bond acceptors (Lipinski definition) is 6. The van der Waals surface area contributed by atoms with Crippen molar-refractivity contribution in [3.05, 3.63) is 60.2 Å². The summed E-state index contributed by atoms with van der Waals surface area (Å²) in [6.45, 7) is 2.74. The summed E-state index contributed by atoms with van der Waals surface area (Å²) in [5.41, 5.74) is 1.32. The van der Waals surface area contributed by atoms with Crippen LogP contribution >= 0.6 is 0 Å². The highest BCUT2D eigenvalue weighted by Crippen LogP contribution is 2.22. The molecule has 8 heteroatoms. The average Bonchev–Trinajstić information content (AvgIpc) is 3.23. The number of aromatic nitrogens is 2. The molecular weight excluding hydrogens is 387 g/mol. The van der Waals surface area contributed by atoms with Crippen LogP contribution in [0.5, 0.6) is 5.75 Å². The van der Waals surface area contributed by atoms with Crippen LogP contribution in [0.2, 0.25) is 0 Å². The Morgan fingerprint density at radius 1 is 1.20 bits per heavy atom. The van der Waals surface area contributed by atoms with E-state index in [1.54, 1.807) is 41.3 Å². The standard InChI is InChI=1S/C22H21FN4O3/c1-2-29-19-10-8-18(9-11-19)27(15-3-14-24)21(28)13-12-20-25-22(26-30-20)16-4-6-17(23)7-5-16/h4-11H,2-3,12-13,15H2,1H3. The second-order valence-corrected chi connectivity index (χ2v) is 6.40. The van der Waals surface area contributed by atoms with Gasteiger partial charge in [-0.1, -0.05) is 5.16 Å². The van der Waals surface area contributed by atoms with E-state index in [1.165, 1.54) is 12.1 Å². The zero-order valence-corrected chi connectivity index (χ0v) is 16.5. The van der Waals surface area contributed by atoms with E-state index in [0.29, 0.717) is 35.3 Å². The smallest absolute Gasteiger partial charge is 0.227 e. The van der Waals surface area contributed by atoms with Crippen molar-refractivity contribution in [2.45, 2.75) is 26.2 Å². The van der Waals surface area contributed by atoms with Gasteiger partial charge < -0.3 is 14.2 Å². The minimum absolute atomic E-state index is 0.143. The maximum Gasteiger partial charge on any atom is 0.227 e. The SMILES string of the molecule is CCOc1ccc(N(CCC#N)C(=O)CCc2nc(-c3ccc(F)cc3)no2)cc1. The fraction of sp³-hybridized carbons (Fsp3) is 0.273. The Bertz CT molecular complexity index is 1010. The normalized spacial score (nSPS) is 10.4. The molecule has 30 heavy (non-hydrogen) atoms. The number of carbonyl (C=O) groups is 1. The quantitative estimate of drug-likeness (QED) is 0.528. The molecule has 0 fully saturated rings. The number of aryl methyl sites for hydroxylation is 1. The van der Waals surface area contributed by atoms with Crippen LogP contribution in [0.4, 0.5) is 10.1 Å². The lowest BCUT2D eigenvalue weighted by Gasteiger charge is -2.22. The van der Waals surface area contributed by atoms with Gasteiger partial charge in [-0.15, -0.1) is 0 Å². The zero-order chi connectivity index (χ0) is 21.3. The predicted octanol–water partition coefficient (Wildman–Crippen LogP) is 4.15. The summed E-state index contributed by atoms with van der Waals surface area (Å²) in [7, 11) is 0. The van der Waals surface area contributed by atoms with Crippen molar-refractivity contribution in [3.8, 4) is 23.2 Å². The molecule has 1 heterocycles. The third kappa shape index (κ3) is 5.41. The molecule has 0 bridgehead atoms. The lowest BCUT2D eigenvalue weighted by molar-refractivity contribution is -0.118. The number of ether oxygens (including phenoxy) is 1. The molecule has 1 amide bonds. The van der Waals surface area contributed by atoms with Gasteiger partial charge in [0.1, 0.15) is 11.6 Å². The minimum atomic E-state index is -0.347. The number of nitrogens with zero attached hydrogens (tertiary/aromatic N) is 4. The highest BCUT2D eigenvalue weighted by molar-refractivity contribution is 5.93. The number of carbonyl (C=O) groups excluding carboxylic acids is 1. The van der Waals surface area contributed by atoms with Gasteiger partial charge in [0.05, 0.1) is 19.1 Å². The summed E-state index contributed by atoms with van der Waals surface area (Å²) in [5, 5.41) is 12.8. The summed E-state index contributed by atoms with van der Waals surface area (Å²) in [6, 6.07) is 15.0. The molecule has 0 aliphatic carbocycles. The molecule has 1 aromatic heterocycles. The summed E-state index contributed by atoms with van der Waals surface area (Å²) >= 11 is 0. The average molecular weight is 408 g/mol. The van der Waals surface area contributed by atoms with Gasteiger partial charge in [0.2, 0.25) is 17.6 Å². The predicted molar refractivity (Wildman–Crippen MR) is 108 cm³/mol. The van der Waals surface area contributed by atoms with Crippen molar-refractivity contribution in [3.63, 3.8) is 0 Å². The first kappa shape index (κ1) is 21.0. The Hall–Kier alpha value is -3.73. The molecule has 2 aromatic carbocycles. The van der Waals surface area contributed by atoms with Gasteiger partial charge in [0.25, 0.3) is 0 Å². The number of anilines is 1. The Labute approximate surface area is 173 Å². The van der Waals surface area contributed by atoms with Gasteiger partial charge in [-0.25, -0.2) is 4.39 Å². The molecule has 0 atom stereocenters. The Balaban J connectivity index is 1.65. The third-order valence-corrected chi connectivity index (χ3v) is 4.33. The van der Waals surface area contributed by atoms with E-state index in [0.717, 1.165) is 0 Å². The lowest BCUT2D eigenvalue weighted by atomic mass is 10.2. The van der Waals surface area contributed by atoms with Crippen LogP contribution in [0.1, 0.15) is 25.7 Å². The van der Waals surface area contributed by atoms with Gasteiger partial charge in [-0.3, -0.25) is 4.79 Å². The Kier molecular flexibility index (Phi) is 7.11. The van der Waals surface area contributed by atoms with Crippen LogP contribution in [0, 0.1) is 17.1 Å². The maximum absolute atomic E-state index is 13.0. The van der Waals surface area contributed by atoms with Crippen LogP contribution < -0.4 is 9.64 Å². The van der Waals surface area contributed by atoms with Gasteiger partial charge in [0.15, 0.2) is 0 Å². The highest BCUT2D eigenvalue weighted by atomic mass is 19.1. The minimum Gasteiger partial charge on any atom is -0.494 e. The van der Waals surface area contributed by atoms with E-state index in [2.05, 4.69) is 16.2 Å². The Morgan fingerprint density at radius 2 is 1.93 bits per heavy atom. The fourth-order valence-electron chi connectivity index (χ4n) is 2.87. The van der Waals surface area contributed by atoms with Crippen molar-refractivity contribution >= 4 is 11.6 Å². The number of nitriles is 1. The van der Waals surface area contributed by atoms with Crippen molar-refractivity contribution < 1.29 is 18.4 Å². The first-order chi connectivity index (χ1) is 14.6. The van der Waals surface area contributed by atoms with Crippen molar-refractivity contribution in [1.82, 2.24) is 10.1 Å². The highest BCUT2D eigenvalue weighted by Gasteiger charge is 2.18. The number of halogens is 1. The molecular formula is C22H21FN4O3. The first-order valence-corrected chi connectivity index (χ1v) is 9.59. The van der Waals surface area contributed by atoms with Crippen LogP contribution in [0.3, 0.4) is 0 Å². The molecule has 3 aromatic rings. The van der Waals surface area contributed by atoms with E-state index >= 15 is 0 Å². The second kappa shape index (κ2) is 10.2. The maximum atomic E-state index is 13.0.